The molecule has 0 aromatic carbocycles. The molecule has 0 rings (SSSR count). The smallest absolute Gasteiger partial charge is 0.237 e. The van der Waals surface area contributed by atoms with Gasteiger partial charge in [-0.15, -0.1) is 11.6 Å². The zero-order valence-corrected chi connectivity index (χ0v) is 11.1. The summed E-state index contributed by atoms with van der Waals surface area (Å²) in [6.45, 7) is 6.54. The minimum absolute atomic E-state index is 0.0636. The van der Waals surface area contributed by atoms with Gasteiger partial charge in [0, 0.05) is 6.54 Å². The van der Waals surface area contributed by atoms with Gasteiger partial charge in [0.15, 0.2) is 9.84 Å². The molecule has 0 aliphatic rings. The Kier molecular flexibility index (Phi) is 5.06. The molecule has 0 aliphatic heterocycles. The highest BCUT2D eigenvalue weighted by molar-refractivity contribution is 7.92. The van der Waals surface area contributed by atoms with Crippen molar-refractivity contribution in [1.29, 1.82) is 0 Å². The fraction of sp³-hybridized carbons (Fsp3) is 0.889. The number of alkyl halides is 1. The molecular formula is C9H18ClNO3S. The summed E-state index contributed by atoms with van der Waals surface area (Å²) in [5.74, 6) is -0.410. The van der Waals surface area contributed by atoms with Crippen molar-refractivity contribution < 1.29 is 13.2 Å². The van der Waals surface area contributed by atoms with Gasteiger partial charge in [0.1, 0.15) is 5.38 Å². The molecule has 0 aromatic heterocycles. The van der Waals surface area contributed by atoms with Crippen LogP contribution in [0.2, 0.25) is 0 Å². The van der Waals surface area contributed by atoms with E-state index in [0.29, 0.717) is 0 Å². The van der Waals surface area contributed by atoms with E-state index in [2.05, 4.69) is 5.32 Å². The summed E-state index contributed by atoms with van der Waals surface area (Å²) >= 11 is 5.51. The quantitative estimate of drug-likeness (QED) is 0.761. The minimum atomic E-state index is -3.18. The van der Waals surface area contributed by atoms with E-state index in [9.17, 15) is 13.2 Å². The SMILES string of the molecule is CC(Cl)C(=O)NCCS(=O)(=O)C(C)(C)C. The Morgan fingerprint density at radius 1 is 1.40 bits per heavy atom. The molecule has 0 aliphatic carbocycles. The lowest BCUT2D eigenvalue weighted by atomic mass is 10.3. The number of amides is 1. The summed E-state index contributed by atoms with van der Waals surface area (Å²) in [5.41, 5.74) is 0. The van der Waals surface area contributed by atoms with Crippen molar-refractivity contribution in [2.75, 3.05) is 12.3 Å². The molecule has 0 bridgehead atoms. The number of carbonyl (C=O) groups excluding carboxylic acids is 1. The first-order valence-corrected chi connectivity index (χ1v) is 6.81. The van der Waals surface area contributed by atoms with Crippen molar-refractivity contribution in [2.45, 2.75) is 37.8 Å². The van der Waals surface area contributed by atoms with Crippen molar-refractivity contribution in [2.24, 2.45) is 0 Å². The maximum absolute atomic E-state index is 11.6. The molecule has 4 nitrogen and oxygen atoms in total. The second-order valence-electron chi connectivity index (χ2n) is 4.34. The average molecular weight is 256 g/mol. The van der Waals surface area contributed by atoms with Crippen LogP contribution in [0.5, 0.6) is 0 Å². The Balaban J connectivity index is 4.15. The predicted molar refractivity (Wildman–Crippen MR) is 61.9 cm³/mol. The van der Waals surface area contributed by atoms with Gasteiger partial charge in [0.25, 0.3) is 0 Å². The van der Waals surface area contributed by atoms with Crippen molar-refractivity contribution in [3.05, 3.63) is 0 Å². The molecule has 1 amide bonds. The lowest BCUT2D eigenvalue weighted by Gasteiger charge is -2.19. The standard InChI is InChI=1S/C9H18ClNO3S/c1-7(10)8(12)11-5-6-15(13,14)9(2,3)4/h7H,5-6H2,1-4H3,(H,11,12). The Morgan fingerprint density at radius 3 is 2.20 bits per heavy atom. The zero-order valence-electron chi connectivity index (χ0n) is 9.50. The largest absolute Gasteiger partial charge is 0.354 e. The first-order valence-electron chi connectivity index (χ1n) is 4.72. The first-order chi connectivity index (χ1) is 6.58. The van der Waals surface area contributed by atoms with E-state index in [-0.39, 0.29) is 18.2 Å². The van der Waals surface area contributed by atoms with Gasteiger partial charge < -0.3 is 5.32 Å². The third-order valence-electron chi connectivity index (χ3n) is 1.96. The lowest BCUT2D eigenvalue weighted by molar-refractivity contribution is -0.120. The molecule has 0 saturated heterocycles. The molecule has 0 radical (unpaired) electrons. The summed E-state index contributed by atoms with van der Waals surface area (Å²) in [4.78, 5) is 11.0. The summed E-state index contributed by atoms with van der Waals surface area (Å²) in [6, 6.07) is 0. The van der Waals surface area contributed by atoms with Crippen LogP contribution in [0, 0.1) is 0 Å². The molecular weight excluding hydrogens is 238 g/mol. The Hall–Kier alpha value is -0.290. The van der Waals surface area contributed by atoms with E-state index >= 15 is 0 Å². The molecule has 1 atom stereocenters. The van der Waals surface area contributed by atoms with Gasteiger partial charge in [-0.2, -0.15) is 0 Å². The average Bonchev–Trinajstić information content (AvgIpc) is 2.01. The Labute approximate surface area is 96.3 Å². The molecule has 0 spiro atoms. The fourth-order valence-electron chi connectivity index (χ4n) is 0.755. The number of rotatable bonds is 4. The van der Waals surface area contributed by atoms with Gasteiger partial charge in [-0.25, -0.2) is 8.42 Å². The van der Waals surface area contributed by atoms with Gasteiger partial charge in [-0.3, -0.25) is 4.79 Å². The Bertz CT molecular complexity index is 317. The maximum atomic E-state index is 11.6. The third kappa shape index (κ3) is 4.84. The highest BCUT2D eigenvalue weighted by Crippen LogP contribution is 2.15. The minimum Gasteiger partial charge on any atom is -0.354 e. The monoisotopic (exact) mass is 255 g/mol. The van der Waals surface area contributed by atoms with Gasteiger partial charge in [0.05, 0.1) is 10.5 Å². The summed E-state index contributed by atoms with van der Waals surface area (Å²) < 4.78 is 22.5. The number of carbonyl (C=O) groups is 1. The summed E-state index contributed by atoms with van der Waals surface area (Å²) in [5, 5.41) is 1.82. The normalized spacial score (nSPS) is 14.7. The number of sulfone groups is 1. The van der Waals surface area contributed by atoms with Crippen LogP contribution in [0.4, 0.5) is 0 Å². The molecule has 0 saturated carbocycles. The number of halogens is 1. The molecule has 0 fully saturated rings. The van der Waals surface area contributed by atoms with Crippen LogP contribution in [0.3, 0.4) is 0 Å². The van der Waals surface area contributed by atoms with E-state index in [1.54, 1.807) is 20.8 Å². The van der Waals surface area contributed by atoms with Gasteiger partial charge in [-0.05, 0) is 27.7 Å². The van der Waals surface area contributed by atoms with Crippen LogP contribution < -0.4 is 5.32 Å². The number of hydrogen-bond donors (Lipinski definition) is 1. The van der Waals surface area contributed by atoms with Crippen LogP contribution in [0.15, 0.2) is 0 Å². The van der Waals surface area contributed by atoms with E-state index in [1.807, 2.05) is 0 Å². The van der Waals surface area contributed by atoms with Crippen molar-refractivity contribution in [3.63, 3.8) is 0 Å². The lowest BCUT2D eigenvalue weighted by Crippen LogP contribution is -2.38. The van der Waals surface area contributed by atoms with Crippen molar-refractivity contribution >= 4 is 27.3 Å². The van der Waals surface area contributed by atoms with Crippen LogP contribution in [-0.4, -0.2) is 36.7 Å². The highest BCUT2D eigenvalue weighted by Gasteiger charge is 2.28. The van der Waals surface area contributed by atoms with Crippen molar-refractivity contribution in [1.82, 2.24) is 5.32 Å². The fourth-order valence-corrected chi connectivity index (χ4v) is 1.82. The molecule has 0 heterocycles. The summed E-state index contributed by atoms with van der Waals surface area (Å²) in [6.07, 6.45) is 0. The number of nitrogens with one attached hydrogen (secondary N) is 1. The van der Waals surface area contributed by atoms with Crippen LogP contribution in [0.1, 0.15) is 27.7 Å². The predicted octanol–water partition coefficient (Wildman–Crippen LogP) is 0.943. The highest BCUT2D eigenvalue weighted by atomic mass is 35.5. The molecule has 15 heavy (non-hydrogen) atoms. The van der Waals surface area contributed by atoms with E-state index in [4.69, 9.17) is 11.6 Å². The molecule has 1 N–H and O–H groups in total. The second-order valence-corrected chi connectivity index (χ2v) is 7.86. The van der Waals surface area contributed by atoms with Gasteiger partial charge in [-0.1, -0.05) is 0 Å². The third-order valence-corrected chi connectivity index (χ3v) is 4.77. The number of hydrogen-bond acceptors (Lipinski definition) is 3. The second kappa shape index (κ2) is 5.16. The van der Waals surface area contributed by atoms with Crippen LogP contribution >= 0.6 is 11.6 Å². The van der Waals surface area contributed by atoms with E-state index in [1.165, 1.54) is 6.92 Å². The van der Waals surface area contributed by atoms with Crippen LogP contribution in [-0.2, 0) is 14.6 Å². The van der Waals surface area contributed by atoms with Crippen LogP contribution in [0.25, 0.3) is 0 Å². The molecule has 0 aromatic rings. The van der Waals surface area contributed by atoms with Gasteiger partial charge >= 0.3 is 0 Å². The first kappa shape index (κ1) is 14.7. The molecule has 90 valence electrons. The van der Waals surface area contributed by atoms with Gasteiger partial charge in [0.2, 0.25) is 5.91 Å². The molecule has 1 unspecified atom stereocenters. The topological polar surface area (TPSA) is 63.2 Å². The van der Waals surface area contributed by atoms with E-state index < -0.39 is 20.0 Å². The molecule has 6 heteroatoms. The van der Waals surface area contributed by atoms with Crippen molar-refractivity contribution in [3.8, 4) is 0 Å². The zero-order chi connectivity index (χ0) is 12.3. The Morgan fingerprint density at radius 2 is 1.87 bits per heavy atom. The van der Waals surface area contributed by atoms with E-state index in [0.717, 1.165) is 0 Å². The summed E-state index contributed by atoms with van der Waals surface area (Å²) in [7, 11) is -3.18. The maximum Gasteiger partial charge on any atom is 0.237 e.